The van der Waals surface area contributed by atoms with Gasteiger partial charge in [-0.15, -0.1) is 0 Å². The second kappa shape index (κ2) is 11.0. The zero-order valence-corrected chi connectivity index (χ0v) is 14.4. The van der Waals surface area contributed by atoms with Crippen molar-refractivity contribution in [3.05, 3.63) is 0 Å². The summed E-state index contributed by atoms with van der Waals surface area (Å²) in [6.45, 7) is 0. The van der Waals surface area contributed by atoms with E-state index < -0.39 is 14.3 Å². The van der Waals surface area contributed by atoms with Gasteiger partial charge in [0.05, 0.1) is 38.6 Å². The molecule has 0 bridgehead atoms. The van der Waals surface area contributed by atoms with Gasteiger partial charge in [0.2, 0.25) is 0 Å². The van der Waals surface area contributed by atoms with Crippen LogP contribution in [0.25, 0.3) is 0 Å². The van der Waals surface area contributed by atoms with E-state index in [9.17, 15) is 9.13 Å². The van der Waals surface area contributed by atoms with Crippen LogP contribution in [0.4, 0.5) is 0 Å². The lowest BCUT2D eigenvalue weighted by Gasteiger charge is -2.21. The lowest BCUT2D eigenvalue weighted by atomic mass is 10.5. The number of hydrogen-bond acceptors (Lipinski definition) is 6. The van der Waals surface area contributed by atoms with Gasteiger partial charge in [0.1, 0.15) is 0 Å². The highest BCUT2D eigenvalue weighted by Gasteiger charge is 2.28. The predicted molar refractivity (Wildman–Crippen MR) is 85.3 cm³/mol. The topological polar surface area (TPSA) is 129 Å². The molecule has 118 valence electrons. The maximum Gasteiger partial charge on any atom is 0.0902 e. The second-order valence-electron chi connectivity index (χ2n) is 5.09. The highest BCUT2D eigenvalue weighted by atomic mass is 31.2. The normalized spacial score (nSPS) is 10.9. The average molecular weight is 338 g/mol. The van der Waals surface area contributed by atoms with E-state index in [1.807, 2.05) is 24.3 Å². The molecule has 0 fully saturated rings. The van der Waals surface area contributed by atoms with Gasteiger partial charge in [-0.2, -0.15) is 21.0 Å². The van der Waals surface area contributed by atoms with Crippen molar-refractivity contribution in [1.82, 2.24) is 0 Å². The Balaban J connectivity index is 4.88. The summed E-state index contributed by atoms with van der Waals surface area (Å²) in [5.74, 6) is 0. The van der Waals surface area contributed by atoms with Crippen LogP contribution in [0.2, 0.25) is 0 Å². The Morgan fingerprint density at radius 2 is 0.727 bits per heavy atom. The van der Waals surface area contributed by atoms with Gasteiger partial charge < -0.3 is 9.13 Å². The molecule has 0 rings (SSSR count). The highest BCUT2D eigenvalue weighted by Crippen LogP contribution is 2.54. The first-order valence-electron chi connectivity index (χ1n) is 7.07. The molecule has 8 heteroatoms. The molecule has 0 atom stereocenters. The zero-order chi connectivity index (χ0) is 16.9. The van der Waals surface area contributed by atoms with Crippen LogP contribution < -0.4 is 0 Å². The molecule has 22 heavy (non-hydrogen) atoms. The van der Waals surface area contributed by atoms with Crippen LogP contribution in [0.5, 0.6) is 0 Å². The van der Waals surface area contributed by atoms with Crippen molar-refractivity contribution in [3.8, 4) is 24.3 Å². The van der Waals surface area contributed by atoms with Crippen LogP contribution in [-0.4, -0.2) is 37.0 Å². The van der Waals surface area contributed by atoms with Crippen LogP contribution in [0, 0.1) is 45.3 Å². The highest BCUT2D eigenvalue weighted by molar-refractivity contribution is 7.67. The molecule has 0 aliphatic heterocycles. The van der Waals surface area contributed by atoms with E-state index in [1.165, 1.54) is 0 Å². The van der Waals surface area contributed by atoms with Crippen LogP contribution in [0.15, 0.2) is 0 Å². The average Bonchev–Trinajstić information content (AvgIpc) is 2.53. The summed E-state index contributed by atoms with van der Waals surface area (Å²) in [7, 11) is -5.39. The first-order valence-corrected chi connectivity index (χ1v) is 11.6. The molecule has 0 amide bonds. The van der Waals surface area contributed by atoms with Crippen molar-refractivity contribution in [2.45, 2.75) is 25.7 Å². The fourth-order valence-corrected chi connectivity index (χ4v) is 8.34. The molecule has 0 heterocycles. The van der Waals surface area contributed by atoms with Gasteiger partial charge >= 0.3 is 0 Å². The first-order chi connectivity index (χ1) is 10.4. The van der Waals surface area contributed by atoms with Gasteiger partial charge in [-0.05, 0) is 0 Å². The molecule has 0 unspecified atom stereocenters. The first kappa shape index (κ1) is 20.4. The molecule has 0 saturated heterocycles. The van der Waals surface area contributed by atoms with Gasteiger partial charge in [-0.1, -0.05) is 0 Å². The van der Waals surface area contributed by atoms with Crippen LogP contribution in [0.3, 0.4) is 0 Å². The van der Waals surface area contributed by atoms with Crippen molar-refractivity contribution in [3.63, 3.8) is 0 Å². The van der Waals surface area contributed by atoms with Crippen LogP contribution in [0.1, 0.15) is 25.7 Å². The van der Waals surface area contributed by atoms with Crippen molar-refractivity contribution in [2.75, 3.05) is 37.0 Å². The molecule has 6 nitrogen and oxygen atoms in total. The molecule has 0 aliphatic carbocycles. The summed E-state index contributed by atoms with van der Waals surface area (Å²) in [5, 5.41) is 34.6. The van der Waals surface area contributed by atoms with E-state index >= 15 is 0 Å². The van der Waals surface area contributed by atoms with E-state index in [-0.39, 0.29) is 62.7 Å². The minimum atomic E-state index is -2.70. The summed E-state index contributed by atoms with van der Waals surface area (Å²) in [5.41, 5.74) is 0. The van der Waals surface area contributed by atoms with Crippen molar-refractivity contribution in [2.24, 2.45) is 0 Å². The Hall–Kier alpha value is -1.58. The minimum Gasteiger partial charge on any atom is -0.323 e. The second-order valence-corrected chi connectivity index (χ2v) is 12.0. The SMILES string of the molecule is N#CCCP(=O)(CCC#N)CCP(=O)(CCC#N)CCC#N. The number of nitriles is 4. The third kappa shape index (κ3) is 8.65. The Kier molecular flexibility index (Phi) is 10.3. The van der Waals surface area contributed by atoms with Gasteiger partial charge in [0.15, 0.2) is 0 Å². The Labute approximate surface area is 132 Å². The molecule has 0 aromatic carbocycles. The van der Waals surface area contributed by atoms with E-state index in [0.29, 0.717) is 0 Å². The molecule has 0 radical (unpaired) electrons. The zero-order valence-electron chi connectivity index (χ0n) is 12.6. The summed E-state index contributed by atoms with van der Waals surface area (Å²) in [6, 6.07) is 7.82. The summed E-state index contributed by atoms with van der Waals surface area (Å²) in [6.07, 6.45) is 2.03. The molecule has 0 aromatic heterocycles. The third-order valence-corrected chi connectivity index (χ3v) is 10.0. The molecule has 0 N–H and O–H groups in total. The molecular formula is C14H20N4O2P2. The lowest BCUT2D eigenvalue weighted by molar-refractivity contribution is 0.568. The van der Waals surface area contributed by atoms with E-state index in [0.717, 1.165) is 0 Å². The van der Waals surface area contributed by atoms with Crippen LogP contribution >= 0.6 is 14.3 Å². The lowest BCUT2D eigenvalue weighted by Crippen LogP contribution is -2.08. The van der Waals surface area contributed by atoms with Gasteiger partial charge in [-0.25, -0.2) is 0 Å². The smallest absolute Gasteiger partial charge is 0.0902 e. The molecule has 0 spiro atoms. The number of rotatable bonds is 11. The molecule has 0 aromatic rings. The molecular weight excluding hydrogens is 318 g/mol. The minimum absolute atomic E-state index is 0.156. The van der Waals surface area contributed by atoms with Gasteiger partial charge in [-0.3, -0.25) is 0 Å². The fourth-order valence-electron chi connectivity index (χ4n) is 2.05. The number of nitrogens with zero attached hydrogens (tertiary/aromatic N) is 4. The van der Waals surface area contributed by atoms with E-state index in [4.69, 9.17) is 21.0 Å². The summed E-state index contributed by atoms with van der Waals surface area (Å²) in [4.78, 5) is 0. The maximum absolute atomic E-state index is 12.8. The van der Waals surface area contributed by atoms with Gasteiger partial charge in [0.25, 0.3) is 0 Å². The van der Waals surface area contributed by atoms with E-state index in [2.05, 4.69) is 0 Å². The standard InChI is InChI=1S/C14H20N4O2P2/c15-5-1-9-21(19,10-2-6-16)13-14-22(20,11-3-7-17)12-4-8-18/h1-4,9-14H2. The Bertz CT molecular complexity index is 506. The molecule has 0 saturated carbocycles. The number of hydrogen-bond donors (Lipinski definition) is 0. The quantitative estimate of drug-likeness (QED) is 0.531. The van der Waals surface area contributed by atoms with E-state index in [1.54, 1.807) is 0 Å². The van der Waals surface area contributed by atoms with Crippen molar-refractivity contribution >= 4 is 14.3 Å². The largest absolute Gasteiger partial charge is 0.323 e. The van der Waals surface area contributed by atoms with Gasteiger partial charge in [0, 0.05) is 62.7 Å². The fraction of sp³-hybridized carbons (Fsp3) is 0.714. The van der Waals surface area contributed by atoms with Crippen molar-refractivity contribution < 1.29 is 9.13 Å². The van der Waals surface area contributed by atoms with Crippen molar-refractivity contribution in [1.29, 1.82) is 21.0 Å². The molecule has 0 aliphatic rings. The summed E-state index contributed by atoms with van der Waals surface area (Å²) < 4.78 is 25.5. The van der Waals surface area contributed by atoms with Crippen LogP contribution in [-0.2, 0) is 9.13 Å². The Morgan fingerprint density at radius 3 is 0.909 bits per heavy atom. The monoisotopic (exact) mass is 338 g/mol. The Morgan fingerprint density at radius 1 is 0.500 bits per heavy atom. The maximum atomic E-state index is 12.8. The summed E-state index contributed by atoms with van der Waals surface area (Å²) >= 11 is 0. The third-order valence-electron chi connectivity index (χ3n) is 3.44. The predicted octanol–water partition coefficient (Wildman–Crippen LogP) is 3.37.